The Bertz CT molecular complexity index is 1090. The lowest BCUT2D eigenvalue weighted by atomic mass is 10.2. The summed E-state index contributed by atoms with van der Waals surface area (Å²) in [6.07, 6.45) is 0. The van der Waals surface area contributed by atoms with Gasteiger partial charge in [0, 0.05) is 4.90 Å². The number of rotatable bonds is 6. The molecule has 0 amide bonds. The molecule has 0 saturated heterocycles. The van der Waals surface area contributed by atoms with Crippen molar-refractivity contribution in [3.8, 4) is 28.6 Å². The van der Waals surface area contributed by atoms with Gasteiger partial charge in [-0.3, -0.25) is 0 Å². The number of aromatic nitrogens is 2. The Labute approximate surface area is 167 Å². The van der Waals surface area contributed by atoms with Crippen LogP contribution in [-0.2, 0) is 0 Å². The maximum atomic E-state index is 5.65. The highest BCUT2D eigenvalue weighted by atomic mass is 32.2. The Balaban J connectivity index is 1.85. The summed E-state index contributed by atoms with van der Waals surface area (Å²) in [7, 11) is 4.99. The van der Waals surface area contributed by atoms with Gasteiger partial charge in [-0.25, -0.2) is 4.98 Å². The van der Waals surface area contributed by atoms with E-state index < -0.39 is 0 Å². The third kappa shape index (κ3) is 3.39. The average molecular weight is 392 g/mol. The van der Waals surface area contributed by atoms with Crippen LogP contribution in [0.1, 0.15) is 0 Å². The van der Waals surface area contributed by atoms with Crippen LogP contribution >= 0.6 is 11.8 Å². The van der Waals surface area contributed by atoms with Crippen molar-refractivity contribution in [2.24, 2.45) is 0 Å². The van der Waals surface area contributed by atoms with Crippen molar-refractivity contribution in [1.82, 2.24) is 9.97 Å². The Hall–Kier alpha value is -3.12. The van der Waals surface area contributed by atoms with Crippen LogP contribution in [0.3, 0.4) is 0 Å². The predicted molar refractivity (Wildman–Crippen MR) is 112 cm³/mol. The molecule has 0 radical (unpaired) electrons. The summed E-state index contributed by atoms with van der Waals surface area (Å²) in [4.78, 5) is 10.1. The molecule has 4 aromatic rings. The molecule has 0 aliphatic rings. The van der Waals surface area contributed by atoms with Crippen LogP contribution in [0, 0.1) is 0 Å². The topological polar surface area (TPSA) is 56.4 Å². The molecule has 1 aromatic heterocycles. The van der Waals surface area contributed by atoms with E-state index in [4.69, 9.17) is 19.2 Å². The van der Waals surface area contributed by atoms with E-state index in [-0.39, 0.29) is 0 Å². The van der Waals surface area contributed by atoms with Gasteiger partial charge in [0.05, 0.1) is 42.8 Å². The fourth-order valence-corrected chi connectivity index (χ4v) is 4.16. The van der Waals surface area contributed by atoms with Crippen molar-refractivity contribution < 1.29 is 14.2 Å². The second kappa shape index (κ2) is 7.86. The third-order valence-electron chi connectivity index (χ3n) is 4.42. The quantitative estimate of drug-likeness (QED) is 0.476. The molecule has 0 aliphatic carbocycles. The van der Waals surface area contributed by atoms with E-state index in [1.807, 2.05) is 54.6 Å². The largest absolute Gasteiger partial charge is 0.497 e. The highest BCUT2D eigenvalue weighted by Gasteiger charge is 2.18. The summed E-state index contributed by atoms with van der Waals surface area (Å²) < 4.78 is 16.6. The van der Waals surface area contributed by atoms with Crippen LogP contribution in [0.5, 0.6) is 17.2 Å². The number of benzene rings is 3. The first kappa shape index (κ1) is 18.3. The molecular weight excluding hydrogens is 372 g/mol. The van der Waals surface area contributed by atoms with Crippen molar-refractivity contribution in [3.63, 3.8) is 0 Å². The first-order valence-corrected chi connectivity index (χ1v) is 9.57. The summed E-state index contributed by atoms with van der Waals surface area (Å²) in [5, 5.41) is 0. The molecule has 0 spiro atoms. The number of ether oxygens (including phenoxy) is 3. The second-order valence-electron chi connectivity index (χ2n) is 6.05. The van der Waals surface area contributed by atoms with Crippen LogP contribution < -0.4 is 14.2 Å². The zero-order valence-electron chi connectivity index (χ0n) is 15.9. The van der Waals surface area contributed by atoms with Crippen molar-refractivity contribution in [2.45, 2.75) is 9.79 Å². The maximum absolute atomic E-state index is 5.65. The number of hydrogen-bond acceptors (Lipinski definition) is 5. The van der Waals surface area contributed by atoms with E-state index in [1.54, 1.807) is 33.1 Å². The van der Waals surface area contributed by atoms with Crippen LogP contribution in [0.4, 0.5) is 0 Å². The number of fused-ring (bicyclic) bond motifs is 1. The first-order valence-electron chi connectivity index (χ1n) is 8.75. The number of nitrogens with zero attached hydrogens (tertiary/aromatic N) is 1. The Morgan fingerprint density at radius 2 is 1.61 bits per heavy atom. The van der Waals surface area contributed by atoms with Gasteiger partial charge < -0.3 is 19.2 Å². The van der Waals surface area contributed by atoms with Crippen molar-refractivity contribution in [2.75, 3.05) is 21.3 Å². The molecule has 142 valence electrons. The molecule has 0 unspecified atom stereocenters. The highest BCUT2D eigenvalue weighted by Crippen LogP contribution is 2.44. The maximum Gasteiger partial charge on any atom is 0.143 e. The molecule has 3 aromatic carbocycles. The normalized spacial score (nSPS) is 10.8. The summed E-state index contributed by atoms with van der Waals surface area (Å²) in [5.41, 5.74) is 2.81. The van der Waals surface area contributed by atoms with Crippen molar-refractivity contribution >= 4 is 22.8 Å². The molecule has 5 nitrogen and oxygen atoms in total. The smallest absolute Gasteiger partial charge is 0.143 e. The minimum atomic E-state index is 0.755. The lowest BCUT2D eigenvalue weighted by Gasteiger charge is -2.14. The average Bonchev–Trinajstić information content (AvgIpc) is 3.17. The van der Waals surface area contributed by atoms with Gasteiger partial charge in [-0.05, 0) is 42.5 Å². The van der Waals surface area contributed by atoms with Gasteiger partial charge in [-0.2, -0.15) is 0 Å². The molecule has 1 heterocycles. The number of imidazole rings is 1. The Kier molecular flexibility index (Phi) is 5.12. The van der Waals surface area contributed by atoms with Crippen molar-refractivity contribution in [3.05, 3.63) is 60.7 Å². The van der Waals surface area contributed by atoms with Crippen LogP contribution in [0.25, 0.3) is 22.4 Å². The van der Waals surface area contributed by atoms with Crippen molar-refractivity contribution in [1.29, 1.82) is 0 Å². The number of hydrogen-bond donors (Lipinski definition) is 1. The number of para-hydroxylation sites is 2. The fourth-order valence-electron chi connectivity index (χ4n) is 3.05. The minimum Gasteiger partial charge on any atom is -0.497 e. The zero-order valence-corrected chi connectivity index (χ0v) is 16.7. The Morgan fingerprint density at radius 3 is 2.36 bits per heavy atom. The Morgan fingerprint density at radius 1 is 0.786 bits per heavy atom. The monoisotopic (exact) mass is 392 g/mol. The van der Waals surface area contributed by atoms with Crippen LogP contribution in [0.2, 0.25) is 0 Å². The van der Waals surface area contributed by atoms with Gasteiger partial charge in [-0.15, -0.1) is 0 Å². The molecule has 0 atom stereocenters. The molecule has 0 bridgehead atoms. The summed E-state index contributed by atoms with van der Waals surface area (Å²) in [6.45, 7) is 0. The second-order valence-corrected chi connectivity index (χ2v) is 7.14. The highest BCUT2D eigenvalue weighted by molar-refractivity contribution is 7.99. The van der Waals surface area contributed by atoms with E-state index in [9.17, 15) is 0 Å². The summed E-state index contributed by atoms with van der Waals surface area (Å²) in [6, 6.07) is 19.7. The summed E-state index contributed by atoms with van der Waals surface area (Å²) in [5.74, 6) is 3.08. The molecule has 6 heteroatoms. The van der Waals surface area contributed by atoms with Gasteiger partial charge in [-0.1, -0.05) is 30.0 Å². The van der Waals surface area contributed by atoms with Gasteiger partial charge >= 0.3 is 0 Å². The molecule has 28 heavy (non-hydrogen) atoms. The number of H-pyrrole nitrogens is 1. The standard InChI is InChI=1S/C22H20N2O3S/c1-25-14-11-12-17(26-2)20(13-14)28-19-10-6-9-18(27-3)21(19)22-23-15-7-4-5-8-16(15)24-22/h4-13H,1-3H3,(H,23,24). The molecule has 0 fully saturated rings. The van der Waals surface area contributed by atoms with Gasteiger partial charge in [0.15, 0.2) is 0 Å². The van der Waals surface area contributed by atoms with Crippen LogP contribution in [0.15, 0.2) is 70.5 Å². The van der Waals surface area contributed by atoms with Gasteiger partial charge in [0.1, 0.15) is 23.1 Å². The molecule has 0 saturated carbocycles. The third-order valence-corrected chi connectivity index (χ3v) is 5.52. The number of methoxy groups -OCH3 is 3. The van der Waals surface area contributed by atoms with E-state index in [1.165, 1.54) is 0 Å². The lowest BCUT2D eigenvalue weighted by molar-refractivity contribution is 0.394. The molecule has 4 rings (SSSR count). The molecule has 1 N–H and O–H groups in total. The fraction of sp³-hybridized carbons (Fsp3) is 0.136. The number of nitrogens with one attached hydrogen (secondary N) is 1. The van der Waals surface area contributed by atoms with E-state index >= 15 is 0 Å². The zero-order chi connectivity index (χ0) is 19.5. The number of aromatic amines is 1. The minimum absolute atomic E-state index is 0.755. The van der Waals surface area contributed by atoms with Gasteiger partial charge in [0.2, 0.25) is 0 Å². The summed E-state index contributed by atoms with van der Waals surface area (Å²) >= 11 is 1.58. The first-order chi connectivity index (χ1) is 13.7. The van der Waals surface area contributed by atoms with E-state index in [0.29, 0.717) is 0 Å². The molecular formula is C22H20N2O3S. The van der Waals surface area contributed by atoms with Crippen LogP contribution in [-0.4, -0.2) is 31.3 Å². The van der Waals surface area contributed by atoms with Gasteiger partial charge in [0.25, 0.3) is 0 Å². The molecule has 0 aliphatic heterocycles. The lowest BCUT2D eigenvalue weighted by Crippen LogP contribution is -1.93. The van der Waals surface area contributed by atoms with E-state index in [0.717, 1.165) is 49.5 Å². The van der Waals surface area contributed by atoms with E-state index in [2.05, 4.69) is 11.1 Å². The predicted octanol–water partition coefficient (Wildman–Crippen LogP) is 5.41. The SMILES string of the molecule is COc1ccc(OC)c(Sc2cccc(OC)c2-c2nc3ccccc3[nH]2)c1.